The Morgan fingerprint density at radius 1 is 1.10 bits per heavy atom. The lowest BCUT2D eigenvalue weighted by Gasteiger charge is -2.26. The van der Waals surface area contributed by atoms with E-state index in [0.717, 1.165) is 25.7 Å². The first-order valence-corrected chi connectivity index (χ1v) is 7.50. The van der Waals surface area contributed by atoms with Gasteiger partial charge >= 0.3 is 6.18 Å². The molecule has 1 aromatic carbocycles. The lowest BCUT2D eigenvalue weighted by atomic mass is 9.94. The predicted octanol–water partition coefficient (Wildman–Crippen LogP) is 2.69. The molecule has 1 saturated carbocycles. The molecule has 2 bridgehead atoms. The second-order valence-electron chi connectivity index (χ2n) is 6.27. The maximum atomic E-state index is 12.4. The highest BCUT2D eigenvalue weighted by Crippen LogP contribution is 2.40. The van der Waals surface area contributed by atoms with Crippen molar-refractivity contribution in [3.8, 4) is 0 Å². The molecule has 2 nitrogen and oxygen atoms in total. The van der Waals surface area contributed by atoms with E-state index in [0.29, 0.717) is 11.8 Å². The number of aliphatic hydroxyl groups is 1. The van der Waals surface area contributed by atoms with Crippen LogP contribution < -0.4 is 5.32 Å². The standard InChI is InChI=1S/C16H20F3NO/c17-16(18,19)14(21)9-20-15-12-5-6-13(15)8-11-4-2-1-3-10(11)7-12/h1-4,12-15,20-21H,5-9H2. The molecular weight excluding hydrogens is 279 g/mol. The summed E-state index contributed by atoms with van der Waals surface area (Å²) < 4.78 is 37.3. The second kappa shape index (κ2) is 5.61. The summed E-state index contributed by atoms with van der Waals surface area (Å²) in [6, 6.07) is 8.37. The average molecular weight is 299 g/mol. The van der Waals surface area contributed by atoms with E-state index in [9.17, 15) is 13.2 Å². The topological polar surface area (TPSA) is 32.3 Å². The van der Waals surface area contributed by atoms with Crippen molar-refractivity contribution in [2.24, 2.45) is 11.8 Å². The van der Waals surface area contributed by atoms with Gasteiger partial charge in [-0.1, -0.05) is 24.3 Å². The van der Waals surface area contributed by atoms with E-state index in [1.807, 2.05) is 12.1 Å². The van der Waals surface area contributed by atoms with Crippen LogP contribution >= 0.6 is 0 Å². The molecule has 0 aromatic heterocycles. The molecule has 2 aliphatic rings. The van der Waals surface area contributed by atoms with Crippen molar-refractivity contribution < 1.29 is 18.3 Å². The van der Waals surface area contributed by atoms with Crippen LogP contribution in [0.5, 0.6) is 0 Å². The Morgan fingerprint density at radius 2 is 1.62 bits per heavy atom. The minimum Gasteiger partial charge on any atom is -0.382 e. The van der Waals surface area contributed by atoms with Crippen LogP contribution in [0.1, 0.15) is 24.0 Å². The largest absolute Gasteiger partial charge is 0.415 e. The quantitative estimate of drug-likeness (QED) is 0.899. The van der Waals surface area contributed by atoms with Crippen LogP contribution in [-0.2, 0) is 12.8 Å². The van der Waals surface area contributed by atoms with Crippen molar-refractivity contribution in [3.63, 3.8) is 0 Å². The zero-order valence-electron chi connectivity index (χ0n) is 11.7. The number of hydrogen-bond donors (Lipinski definition) is 2. The molecule has 3 rings (SSSR count). The molecule has 1 aromatic rings. The molecule has 0 heterocycles. The number of alkyl halides is 3. The van der Waals surface area contributed by atoms with Crippen LogP contribution in [0.15, 0.2) is 24.3 Å². The van der Waals surface area contributed by atoms with Crippen molar-refractivity contribution in [1.29, 1.82) is 0 Å². The summed E-state index contributed by atoms with van der Waals surface area (Å²) in [7, 11) is 0. The maximum absolute atomic E-state index is 12.4. The van der Waals surface area contributed by atoms with E-state index in [1.165, 1.54) is 11.1 Å². The van der Waals surface area contributed by atoms with Crippen molar-refractivity contribution in [1.82, 2.24) is 5.32 Å². The summed E-state index contributed by atoms with van der Waals surface area (Å²) in [4.78, 5) is 0. The number of rotatable bonds is 3. The highest BCUT2D eigenvalue weighted by atomic mass is 19.4. The van der Waals surface area contributed by atoms with Crippen molar-refractivity contribution in [2.75, 3.05) is 6.54 Å². The fraction of sp³-hybridized carbons (Fsp3) is 0.625. The van der Waals surface area contributed by atoms with E-state index in [-0.39, 0.29) is 6.04 Å². The molecule has 116 valence electrons. The van der Waals surface area contributed by atoms with E-state index in [2.05, 4.69) is 17.4 Å². The van der Waals surface area contributed by atoms with Gasteiger partial charge in [0.15, 0.2) is 6.10 Å². The van der Waals surface area contributed by atoms with Crippen LogP contribution in [-0.4, -0.2) is 30.0 Å². The van der Waals surface area contributed by atoms with Gasteiger partial charge in [0, 0.05) is 12.6 Å². The second-order valence-corrected chi connectivity index (χ2v) is 6.27. The monoisotopic (exact) mass is 299 g/mol. The Kier molecular flexibility index (Phi) is 3.97. The fourth-order valence-corrected chi connectivity index (χ4v) is 3.85. The number of halogens is 3. The Bertz CT molecular complexity index is 470. The van der Waals surface area contributed by atoms with Gasteiger partial charge in [-0.15, -0.1) is 0 Å². The van der Waals surface area contributed by atoms with Crippen LogP contribution in [0, 0.1) is 11.8 Å². The highest BCUT2D eigenvalue weighted by molar-refractivity contribution is 5.30. The van der Waals surface area contributed by atoms with Gasteiger partial charge < -0.3 is 10.4 Å². The van der Waals surface area contributed by atoms with Gasteiger partial charge in [-0.2, -0.15) is 13.2 Å². The Balaban J connectivity index is 1.69. The van der Waals surface area contributed by atoms with Gasteiger partial charge in [-0.05, 0) is 48.6 Å². The zero-order chi connectivity index (χ0) is 15.0. The molecule has 0 amide bonds. The number of aliphatic hydroxyl groups excluding tert-OH is 1. The Labute approximate surface area is 122 Å². The lowest BCUT2D eigenvalue weighted by molar-refractivity contribution is -0.202. The Morgan fingerprint density at radius 3 is 2.10 bits per heavy atom. The highest BCUT2D eigenvalue weighted by Gasteiger charge is 2.42. The Hall–Kier alpha value is -1.07. The summed E-state index contributed by atoms with van der Waals surface area (Å²) in [6.45, 7) is -0.405. The lowest BCUT2D eigenvalue weighted by Crippen LogP contribution is -2.46. The van der Waals surface area contributed by atoms with Gasteiger partial charge in [-0.3, -0.25) is 0 Å². The molecule has 0 saturated heterocycles. The van der Waals surface area contributed by atoms with Gasteiger partial charge in [-0.25, -0.2) is 0 Å². The molecule has 0 spiro atoms. The third-order valence-electron chi connectivity index (χ3n) is 4.93. The van der Waals surface area contributed by atoms with Crippen LogP contribution in [0.4, 0.5) is 13.2 Å². The summed E-state index contributed by atoms with van der Waals surface area (Å²) in [5, 5.41) is 12.2. The summed E-state index contributed by atoms with van der Waals surface area (Å²) in [5.41, 5.74) is 2.65. The van der Waals surface area contributed by atoms with Crippen LogP contribution in [0.2, 0.25) is 0 Å². The minimum atomic E-state index is -4.54. The van der Waals surface area contributed by atoms with Gasteiger partial charge in [0.05, 0.1) is 0 Å². The molecule has 3 atom stereocenters. The molecule has 5 heteroatoms. The molecular formula is C16H20F3NO. The minimum absolute atomic E-state index is 0.0781. The van der Waals surface area contributed by atoms with Crippen molar-refractivity contribution in [2.45, 2.75) is 44.0 Å². The molecule has 2 aliphatic carbocycles. The van der Waals surface area contributed by atoms with E-state index in [1.54, 1.807) is 0 Å². The smallest absolute Gasteiger partial charge is 0.382 e. The van der Waals surface area contributed by atoms with Gasteiger partial charge in [0.1, 0.15) is 0 Å². The maximum Gasteiger partial charge on any atom is 0.415 e. The van der Waals surface area contributed by atoms with E-state index in [4.69, 9.17) is 5.11 Å². The third kappa shape index (κ3) is 3.09. The normalized spacial score (nSPS) is 29.8. The third-order valence-corrected chi connectivity index (χ3v) is 4.93. The van der Waals surface area contributed by atoms with E-state index < -0.39 is 18.8 Å². The first kappa shape index (κ1) is 14.9. The summed E-state index contributed by atoms with van der Waals surface area (Å²) >= 11 is 0. The number of fused-ring (bicyclic) bond motifs is 3. The fourth-order valence-electron chi connectivity index (χ4n) is 3.85. The molecule has 3 unspecified atom stereocenters. The predicted molar refractivity (Wildman–Crippen MR) is 73.9 cm³/mol. The SMILES string of the molecule is OC(CNC1C2CCC1Cc1ccccc1C2)C(F)(F)F. The first-order chi connectivity index (χ1) is 9.95. The van der Waals surface area contributed by atoms with Crippen LogP contribution in [0.3, 0.4) is 0 Å². The van der Waals surface area contributed by atoms with Crippen LogP contribution in [0.25, 0.3) is 0 Å². The summed E-state index contributed by atoms with van der Waals surface area (Å²) in [6.07, 6.45) is -2.86. The summed E-state index contributed by atoms with van der Waals surface area (Å²) in [5.74, 6) is 0.748. The molecule has 0 radical (unpaired) electrons. The molecule has 0 aliphatic heterocycles. The van der Waals surface area contributed by atoms with Crippen molar-refractivity contribution >= 4 is 0 Å². The molecule has 2 N–H and O–H groups in total. The van der Waals surface area contributed by atoms with Gasteiger partial charge in [0.25, 0.3) is 0 Å². The zero-order valence-corrected chi connectivity index (χ0v) is 11.7. The number of hydrogen-bond acceptors (Lipinski definition) is 2. The first-order valence-electron chi connectivity index (χ1n) is 7.50. The van der Waals surface area contributed by atoms with E-state index >= 15 is 0 Å². The van der Waals surface area contributed by atoms with Gasteiger partial charge in [0.2, 0.25) is 0 Å². The number of nitrogens with one attached hydrogen (secondary N) is 1. The molecule has 1 fully saturated rings. The number of benzene rings is 1. The molecule has 21 heavy (non-hydrogen) atoms. The average Bonchev–Trinajstić information content (AvgIpc) is 2.69. The van der Waals surface area contributed by atoms with Crippen molar-refractivity contribution in [3.05, 3.63) is 35.4 Å².